The van der Waals surface area contributed by atoms with Crippen molar-refractivity contribution in [1.82, 2.24) is 9.80 Å². The van der Waals surface area contributed by atoms with Crippen molar-refractivity contribution in [2.45, 2.75) is 32.4 Å². The van der Waals surface area contributed by atoms with Gasteiger partial charge in [-0.2, -0.15) is 0 Å². The molecule has 3 rings (SSSR count). The van der Waals surface area contributed by atoms with Crippen LogP contribution in [0.1, 0.15) is 30.4 Å². The van der Waals surface area contributed by atoms with Gasteiger partial charge in [-0.1, -0.05) is 36.4 Å². The van der Waals surface area contributed by atoms with Gasteiger partial charge in [-0.3, -0.25) is 14.6 Å². The lowest BCUT2D eigenvalue weighted by atomic mass is 10.1. The lowest BCUT2D eigenvalue weighted by Gasteiger charge is -2.35. The maximum atomic E-state index is 10.7. The van der Waals surface area contributed by atoms with E-state index in [1.807, 2.05) is 12.1 Å². The molecule has 1 heterocycles. The van der Waals surface area contributed by atoms with Crippen molar-refractivity contribution in [2.24, 2.45) is 0 Å². The number of ether oxygens (including phenoxy) is 3. The Balaban J connectivity index is 0.00000289. The van der Waals surface area contributed by atoms with Gasteiger partial charge in [0.2, 0.25) is 5.75 Å². The minimum Gasteiger partial charge on any atom is -0.493 e. The SMILES string of the molecule is COc1ccc(CN2CCN(Cc3ccccc3)CC2)c(OCCCCC(=O)O)c1OC.Cl.Cl. The number of halogens is 2. The first kappa shape index (κ1) is 29.8. The summed E-state index contributed by atoms with van der Waals surface area (Å²) in [4.78, 5) is 15.6. The van der Waals surface area contributed by atoms with E-state index in [1.54, 1.807) is 14.2 Å². The molecular weight excluding hydrogens is 479 g/mol. The molecule has 2 aromatic carbocycles. The predicted molar refractivity (Wildman–Crippen MR) is 138 cm³/mol. The summed E-state index contributed by atoms with van der Waals surface area (Å²) in [6.07, 6.45) is 1.41. The second-order valence-electron chi connectivity index (χ2n) is 8.03. The summed E-state index contributed by atoms with van der Waals surface area (Å²) in [6.45, 7) is 6.20. The molecule has 1 saturated heterocycles. The third-order valence-electron chi connectivity index (χ3n) is 5.72. The van der Waals surface area contributed by atoms with E-state index < -0.39 is 5.97 Å². The van der Waals surface area contributed by atoms with Crippen LogP contribution in [0.5, 0.6) is 17.2 Å². The highest BCUT2D eigenvalue weighted by Crippen LogP contribution is 2.40. The van der Waals surface area contributed by atoms with Crippen LogP contribution in [0.15, 0.2) is 42.5 Å². The van der Waals surface area contributed by atoms with E-state index in [4.69, 9.17) is 19.3 Å². The quantitative estimate of drug-likeness (QED) is 0.418. The molecular formula is C25H36Cl2N2O5. The van der Waals surface area contributed by atoms with Gasteiger partial charge in [-0.05, 0) is 24.5 Å². The largest absolute Gasteiger partial charge is 0.493 e. The number of carboxylic acids is 1. The van der Waals surface area contributed by atoms with Crippen molar-refractivity contribution in [3.05, 3.63) is 53.6 Å². The maximum absolute atomic E-state index is 10.7. The highest BCUT2D eigenvalue weighted by Gasteiger charge is 2.22. The average Bonchev–Trinajstić information content (AvgIpc) is 2.81. The number of benzene rings is 2. The number of carboxylic acid groups (broad SMARTS) is 1. The van der Waals surface area contributed by atoms with Crippen LogP contribution in [0.3, 0.4) is 0 Å². The number of piperazine rings is 1. The molecule has 1 aliphatic rings. The molecule has 0 spiro atoms. The molecule has 0 atom stereocenters. The van der Waals surface area contributed by atoms with E-state index in [-0.39, 0.29) is 31.2 Å². The fraction of sp³-hybridized carbons (Fsp3) is 0.480. The smallest absolute Gasteiger partial charge is 0.303 e. The van der Waals surface area contributed by atoms with Crippen molar-refractivity contribution in [2.75, 3.05) is 47.0 Å². The molecule has 190 valence electrons. The first-order valence-electron chi connectivity index (χ1n) is 11.2. The molecule has 7 nitrogen and oxygen atoms in total. The maximum Gasteiger partial charge on any atom is 0.303 e. The second-order valence-corrected chi connectivity index (χ2v) is 8.03. The van der Waals surface area contributed by atoms with Crippen LogP contribution in [-0.4, -0.2) is 67.9 Å². The molecule has 34 heavy (non-hydrogen) atoms. The van der Waals surface area contributed by atoms with Gasteiger partial charge in [0.15, 0.2) is 11.5 Å². The molecule has 0 radical (unpaired) electrons. The summed E-state index contributed by atoms with van der Waals surface area (Å²) in [6, 6.07) is 14.5. The van der Waals surface area contributed by atoms with Crippen LogP contribution in [0, 0.1) is 0 Å². The molecule has 2 aromatic rings. The molecule has 0 bridgehead atoms. The van der Waals surface area contributed by atoms with Crippen molar-refractivity contribution in [3.8, 4) is 17.2 Å². The zero-order chi connectivity index (χ0) is 22.8. The van der Waals surface area contributed by atoms with E-state index in [9.17, 15) is 4.79 Å². The Kier molecular flexibility index (Phi) is 13.7. The second kappa shape index (κ2) is 15.7. The van der Waals surface area contributed by atoms with Crippen LogP contribution < -0.4 is 14.2 Å². The van der Waals surface area contributed by atoms with Gasteiger partial charge in [0.05, 0.1) is 20.8 Å². The van der Waals surface area contributed by atoms with Gasteiger partial charge < -0.3 is 19.3 Å². The molecule has 0 aromatic heterocycles. The van der Waals surface area contributed by atoms with E-state index >= 15 is 0 Å². The van der Waals surface area contributed by atoms with Crippen LogP contribution in [0.2, 0.25) is 0 Å². The molecule has 0 unspecified atom stereocenters. The fourth-order valence-corrected chi connectivity index (χ4v) is 3.96. The van der Waals surface area contributed by atoms with Gasteiger partial charge in [0.1, 0.15) is 0 Å². The summed E-state index contributed by atoms with van der Waals surface area (Å²) in [5.74, 6) is 1.13. The number of carbonyl (C=O) groups is 1. The average molecular weight is 515 g/mol. The van der Waals surface area contributed by atoms with Crippen molar-refractivity contribution < 1.29 is 24.1 Å². The number of rotatable bonds is 12. The normalized spacial score (nSPS) is 13.9. The Morgan fingerprint density at radius 2 is 1.50 bits per heavy atom. The zero-order valence-electron chi connectivity index (χ0n) is 19.9. The number of unbranched alkanes of at least 4 members (excludes halogenated alkanes) is 1. The standard InChI is InChI=1S/C25H34N2O5.2ClH/c1-30-22-12-11-21(24(25(22)31-2)32-17-7-6-10-23(28)29)19-27-15-13-26(14-16-27)18-20-8-4-3-5-9-20;;/h3-5,8-9,11-12H,6-7,10,13-19H2,1-2H3,(H,28,29);2*1H. The van der Waals surface area contributed by atoms with Crippen molar-refractivity contribution in [3.63, 3.8) is 0 Å². The van der Waals surface area contributed by atoms with Crippen molar-refractivity contribution >= 4 is 30.8 Å². The zero-order valence-corrected chi connectivity index (χ0v) is 21.5. The lowest BCUT2D eigenvalue weighted by Crippen LogP contribution is -2.45. The summed E-state index contributed by atoms with van der Waals surface area (Å²) in [5, 5.41) is 8.82. The Morgan fingerprint density at radius 3 is 2.09 bits per heavy atom. The lowest BCUT2D eigenvalue weighted by molar-refractivity contribution is -0.137. The first-order chi connectivity index (χ1) is 15.6. The fourth-order valence-electron chi connectivity index (χ4n) is 3.96. The molecule has 0 amide bonds. The number of hydrogen-bond acceptors (Lipinski definition) is 6. The number of methoxy groups -OCH3 is 2. The molecule has 0 aliphatic carbocycles. The summed E-state index contributed by atoms with van der Waals surface area (Å²) in [5.41, 5.74) is 2.40. The minimum absolute atomic E-state index is 0. The molecule has 9 heteroatoms. The molecule has 1 aliphatic heterocycles. The van der Waals surface area contributed by atoms with Crippen LogP contribution >= 0.6 is 24.8 Å². The first-order valence-corrected chi connectivity index (χ1v) is 11.2. The summed E-state index contributed by atoms with van der Waals surface area (Å²) < 4.78 is 17.1. The van der Waals surface area contributed by atoms with Crippen LogP contribution in [-0.2, 0) is 17.9 Å². The topological polar surface area (TPSA) is 71.5 Å². The Labute approximate surface area is 214 Å². The van der Waals surface area contributed by atoms with Gasteiger partial charge >= 0.3 is 5.97 Å². The van der Waals surface area contributed by atoms with Gasteiger partial charge in [-0.25, -0.2) is 0 Å². The monoisotopic (exact) mass is 514 g/mol. The summed E-state index contributed by atoms with van der Waals surface area (Å²) in [7, 11) is 3.22. The van der Waals surface area contributed by atoms with Gasteiger partial charge in [0, 0.05) is 51.3 Å². The molecule has 0 saturated carbocycles. The Bertz CT molecular complexity index is 862. The number of aliphatic carboxylic acids is 1. The van der Waals surface area contributed by atoms with Crippen LogP contribution in [0.4, 0.5) is 0 Å². The highest BCUT2D eigenvalue weighted by atomic mass is 35.5. The van der Waals surface area contributed by atoms with E-state index in [2.05, 4.69) is 40.1 Å². The van der Waals surface area contributed by atoms with E-state index in [0.29, 0.717) is 36.7 Å². The minimum atomic E-state index is -0.781. The Morgan fingerprint density at radius 1 is 0.853 bits per heavy atom. The van der Waals surface area contributed by atoms with Crippen LogP contribution in [0.25, 0.3) is 0 Å². The predicted octanol–water partition coefficient (Wildman–Crippen LogP) is 4.50. The highest BCUT2D eigenvalue weighted by molar-refractivity contribution is 5.85. The Hall–Kier alpha value is -2.19. The van der Waals surface area contributed by atoms with Gasteiger partial charge in [-0.15, -0.1) is 24.8 Å². The molecule has 1 fully saturated rings. The van der Waals surface area contributed by atoms with E-state index in [0.717, 1.165) is 44.8 Å². The van der Waals surface area contributed by atoms with E-state index in [1.165, 1.54) is 5.56 Å². The van der Waals surface area contributed by atoms with Gasteiger partial charge in [0.25, 0.3) is 0 Å². The third kappa shape index (κ3) is 8.87. The number of hydrogen-bond donors (Lipinski definition) is 1. The summed E-state index contributed by atoms with van der Waals surface area (Å²) >= 11 is 0. The number of nitrogens with zero attached hydrogens (tertiary/aromatic N) is 2. The molecule has 1 N–H and O–H groups in total. The third-order valence-corrected chi connectivity index (χ3v) is 5.72. The van der Waals surface area contributed by atoms with Crippen molar-refractivity contribution in [1.29, 1.82) is 0 Å².